The first-order valence-corrected chi connectivity index (χ1v) is 16.4. The van der Waals surface area contributed by atoms with Crippen molar-refractivity contribution in [1.82, 2.24) is 15.6 Å². The minimum Gasteiger partial charge on any atom is -0.507 e. The van der Waals surface area contributed by atoms with E-state index in [4.69, 9.17) is 9.47 Å². The number of nitrogens with zero attached hydrogens (tertiary/aromatic N) is 3. The Morgan fingerprint density at radius 3 is 1.48 bits per heavy atom. The number of hydrogen-bond acceptors (Lipinski definition) is 9. The molecule has 11 heteroatoms. The van der Waals surface area contributed by atoms with Gasteiger partial charge in [-0.15, -0.1) is 5.11 Å². The molecule has 0 unspecified atom stereocenters. The van der Waals surface area contributed by atoms with Crippen LogP contribution in [0.4, 0.5) is 11.4 Å². The van der Waals surface area contributed by atoms with Gasteiger partial charge in [-0.3, -0.25) is 14.6 Å². The average molecular weight is 670 g/mol. The number of rotatable bonds is 2. The number of nitrogens with one attached hydrogen (secondary N) is 2. The Hall–Kier alpha value is -6.23. The number of aromatic nitrogens is 1. The number of benzene rings is 4. The largest absolute Gasteiger partial charge is 0.507 e. The molecule has 2 aliphatic heterocycles. The summed E-state index contributed by atoms with van der Waals surface area (Å²) in [6.45, 7) is -0.137. The lowest BCUT2D eigenvalue weighted by molar-refractivity contribution is -0.124. The molecule has 4 N–H and O–H groups in total. The summed E-state index contributed by atoms with van der Waals surface area (Å²) < 4.78 is 12.5. The Morgan fingerprint density at radius 1 is 0.560 bits per heavy atom. The number of phenols is 2. The zero-order valence-corrected chi connectivity index (χ0v) is 27.2. The van der Waals surface area contributed by atoms with E-state index in [0.29, 0.717) is 58.0 Å². The van der Waals surface area contributed by atoms with E-state index in [1.807, 2.05) is 54.6 Å². The van der Waals surface area contributed by atoms with Crippen molar-refractivity contribution in [3.05, 3.63) is 136 Å². The Labute approximate surface area is 288 Å². The predicted octanol–water partition coefficient (Wildman–Crippen LogP) is 5.59. The van der Waals surface area contributed by atoms with E-state index in [1.165, 1.54) is 0 Å². The van der Waals surface area contributed by atoms with Crippen molar-refractivity contribution >= 4 is 23.2 Å². The normalized spacial score (nSPS) is 15.0. The van der Waals surface area contributed by atoms with Crippen LogP contribution in [0.15, 0.2) is 101 Å². The minimum absolute atomic E-state index is 0.0707. The van der Waals surface area contributed by atoms with Crippen LogP contribution in [-0.2, 0) is 35.3 Å². The number of amides is 2. The van der Waals surface area contributed by atoms with E-state index in [1.54, 1.807) is 36.7 Å². The summed E-state index contributed by atoms with van der Waals surface area (Å²) >= 11 is 0. The maximum absolute atomic E-state index is 12.9. The highest BCUT2D eigenvalue weighted by molar-refractivity contribution is 5.79. The molecule has 1 aromatic heterocycles. The van der Waals surface area contributed by atoms with Crippen molar-refractivity contribution in [3.63, 3.8) is 0 Å². The fourth-order valence-corrected chi connectivity index (χ4v) is 6.33. The quantitative estimate of drug-likeness (QED) is 0.138. The van der Waals surface area contributed by atoms with Crippen molar-refractivity contribution in [1.29, 1.82) is 0 Å². The van der Waals surface area contributed by atoms with Crippen LogP contribution < -0.4 is 20.1 Å². The molecule has 2 amide bonds. The molecule has 8 rings (SSSR count). The molecule has 4 aromatic carbocycles. The highest BCUT2D eigenvalue weighted by atomic mass is 16.5. The second-order valence-electron chi connectivity index (χ2n) is 12.2. The summed E-state index contributed by atoms with van der Waals surface area (Å²) in [6, 6.07) is 24.2. The maximum Gasteiger partial charge on any atom is 0.258 e. The number of pyridine rings is 1. The SMILES string of the molecule is O=C1COc2c3cccc2Cc2cc(N=Nc4cccnc4)cc(c2O)Cc2cccc(c2OCC(=O)NCCN1)Cc1cccc(c1O)C3. The fraction of sp³-hybridized carbons (Fsp3) is 0.205. The number of fused-ring (bicyclic) bond motifs is 9. The molecule has 0 saturated heterocycles. The highest BCUT2D eigenvalue weighted by Crippen LogP contribution is 2.39. The smallest absolute Gasteiger partial charge is 0.258 e. The highest BCUT2D eigenvalue weighted by Gasteiger charge is 2.22. The molecule has 0 radical (unpaired) electrons. The van der Waals surface area contributed by atoms with Crippen molar-refractivity contribution in [2.24, 2.45) is 10.2 Å². The van der Waals surface area contributed by atoms with Gasteiger partial charge in [-0.25, -0.2) is 0 Å². The molecule has 252 valence electrons. The van der Waals surface area contributed by atoms with Gasteiger partial charge in [-0.2, -0.15) is 5.11 Å². The number of phenolic OH excluding ortho intramolecular Hbond substituents is 2. The number of ether oxygens (including phenoxy) is 2. The standard InChI is InChI=1S/C39H35N5O6/c45-34-22-49-38-26-7-2-9-28(38)17-30-19-33(44-43-32-11-4-12-40-21-32)20-31(37(30)48)18-29-10-3-8-27(16-25-6-1-5-24(15-26)36(25)47)39(29)50-23-35(46)42-14-13-41-34/h1-12,19-21,47-48H,13-18,22-23H2,(H,41,45)(H,42,46). The van der Waals surface area contributed by atoms with Gasteiger partial charge in [0.1, 0.15) is 28.7 Å². The van der Waals surface area contributed by atoms with Crippen LogP contribution in [-0.4, -0.2) is 53.3 Å². The topological polar surface area (TPSA) is 155 Å². The van der Waals surface area contributed by atoms with Gasteiger partial charge < -0.3 is 30.3 Å². The van der Waals surface area contributed by atoms with Gasteiger partial charge in [0.15, 0.2) is 13.2 Å². The molecule has 0 saturated carbocycles. The van der Waals surface area contributed by atoms with Gasteiger partial charge in [0, 0.05) is 56.1 Å². The average Bonchev–Trinajstić information content (AvgIpc) is 3.12. The van der Waals surface area contributed by atoms with Gasteiger partial charge in [-0.05, 0) is 57.6 Å². The number of aromatic hydroxyl groups is 2. The Kier molecular flexibility index (Phi) is 9.37. The zero-order valence-electron chi connectivity index (χ0n) is 27.2. The first-order valence-electron chi connectivity index (χ1n) is 16.4. The second kappa shape index (κ2) is 14.5. The van der Waals surface area contributed by atoms with E-state index in [-0.39, 0.29) is 62.5 Å². The number of hydrogen-bond donors (Lipinski definition) is 4. The van der Waals surface area contributed by atoms with Crippen molar-refractivity contribution in [2.75, 3.05) is 26.3 Å². The Morgan fingerprint density at radius 2 is 1.00 bits per heavy atom. The molecule has 10 bridgehead atoms. The third kappa shape index (κ3) is 7.26. The monoisotopic (exact) mass is 669 g/mol. The van der Waals surface area contributed by atoms with Crippen LogP contribution in [0.25, 0.3) is 0 Å². The number of azo groups is 1. The molecule has 11 nitrogen and oxygen atoms in total. The van der Waals surface area contributed by atoms with Crippen LogP contribution in [0.1, 0.15) is 44.5 Å². The van der Waals surface area contributed by atoms with E-state index in [2.05, 4.69) is 25.8 Å². The summed E-state index contributed by atoms with van der Waals surface area (Å²) in [7, 11) is 0. The molecular formula is C39H35N5O6. The number of para-hydroxylation sites is 3. The summed E-state index contributed by atoms with van der Waals surface area (Å²) in [5.74, 6) is 0.454. The molecule has 3 heterocycles. The Balaban J connectivity index is 1.45. The fourth-order valence-electron chi connectivity index (χ4n) is 6.33. The van der Waals surface area contributed by atoms with Crippen LogP contribution in [0.3, 0.4) is 0 Å². The van der Waals surface area contributed by atoms with Crippen molar-refractivity contribution in [3.8, 4) is 23.0 Å². The Bertz CT molecular complexity index is 1980. The van der Waals surface area contributed by atoms with Gasteiger partial charge in [0.05, 0.1) is 11.9 Å². The summed E-state index contributed by atoms with van der Waals surface area (Å²) in [6.07, 6.45) is 4.40. The van der Waals surface area contributed by atoms with Crippen molar-refractivity contribution in [2.45, 2.75) is 25.7 Å². The number of carbonyl (C=O) groups is 2. The first kappa shape index (κ1) is 32.3. The molecular weight excluding hydrogens is 634 g/mol. The molecule has 5 aromatic rings. The van der Waals surface area contributed by atoms with E-state index in [0.717, 1.165) is 22.3 Å². The molecule has 0 spiro atoms. The third-order valence-corrected chi connectivity index (χ3v) is 8.73. The first-order chi connectivity index (χ1) is 24.4. The third-order valence-electron chi connectivity index (χ3n) is 8.73. The van der Waals surface area contributed by atoms with Gasteiger partial charge in [-0.1, -0.05) is 54.6 Å². The van der Waals surface area contributed by atoms with E-state index < -0.39 is 0 Å². The van der Waals surface area contributed by atoms with Gasteiger partial charge in [0.25, 0.3) is 11.8 Å². The predicted molar refractivity (Wildman–Crippen MR) is 186 cm³/mol. The maximum atomic E-state index is 12.9. The van der Waals surface area contributed by atoms with E-state index >= 15 is 0 Å². The molecule has 0 fully saturated rings. The second-order valence-corrected chi connectivity index (χ2v) is 12.2. The summed E-state index contributed by atoms with van der Waals surface area (Å²) in [4.78, 5) is 29.9. The van der Waals surface area contributed by atoms with Crippen LogP contribution >= 0.6 is 0 Å². The summed E-state index contributed by atoms with van der Waals surface area (Å²) in [5, 5.41) is 37.9. The number of carbonyl (C=O) groups excluding carboxylic acids is 2. The lowest BCUT2D eigenvalue weighted by Crippen LogP contribution is -2.38. The van der Waals surface area contributed by atoms with Gasteiger partial charge >= 0.3 is 0 Å². The lowest BCUT2D eigenvalue weighted by Gasteiger charge is -2.20. The molecule has 3 aliphatic rings. The molecule has 50 heavy (non-hydrogen) atoms. The lowest BCUT2D eigenvalue weighted by atomic mass is 9.91. The van der Waals surface area contributed by atoms with Crippen LogP contribution in [0, 0.1) is 0 Å². The minimum atomic E-state index is -0.363. The summed E-state index contributed by atoms with van der Waals surface area (Å²) in [5.41, 5.74) is 6.58. The van der Waals surface area contributed by atoms with Crippen molar-refractivity contribution < 1.29 is 29.3 Å². The van der Waals surface area contributed by atoms with Crippen LogP contribution in [0.2, 0.25) is 0 Å². The molecule has 0 atom stereocenters. The van der Waals surface area contributed by atoms with Gasteiger partial charge in [0.2, 0.25) is 0 Å². The van der Waals surface area contributed by atoms with E-state index in [9.17, 15) is 19.8 Å². The van der Waals surface area contributed by atoms with Crippen LogP contribution in [0.5, 0.6) is 23.0 Å². The zero-order chi connectivity index (χ0) is 34.5. The molecule has 1 aliphatic carbocycles.